The predicted molar refractivity (Wildman–Crippen MR) is 239 cm³/mol. The summed E-state index contributed by atoms with van der Waals surface area (Å²) in [5.74, 6) is 0.711. The first kappa shape index (κ1) is 33.2. The highest BCUT2D eigenvalue weighted by atomic mass is 14.9. The second kappa shape index (κ2) is 13.0. The SMILES string of the molecule is CC1(C)c2ccc(-c3ccc(-c4cc(-c5ccccc5-c5ccccc5)nc(-c5cccc6ccccc56)n4)c4ccccc34)cc2-c2cc3ccccc3cc21. The molecule has 1 aliphatic carbocycles. The number of hydrogen-bond donors (Lipinski definition) is 0. The van der Waals surface area contributed by atoms with Gasteiger partial charge in [-0.1, -0.05) is 184 Å². The van der Waals surface area contributed by atoms with E-state index in [-0.39, 0.29) is 5.41 Å². The number of rotatable bonds is 5. The zero-order valence-electron chi connectivity index (χ0n) is 31.9. The van der Waals surface area contributed by atoms with Gasteiger partial charge in [-0.2, -0.15) is 0 Å². The third kappa shape index (κ3) is 5.40. The summed E-state index contributed by atoms with van der Waals surface area (Å²) < 4.78 is 0. The summed E-state index contributed by atoms with van der Waals surface area (Å²) in [5, 5.41) is 7.22. The van der Waals surface area contributed by atoms with E-state index in [0.717, 1.165) is 50.0 Å². The molecule has 0 radical (unpaired) electrons. The Kier molecular flexibility index (Phi) is 7.55. The Morgan fingerprint density at radius 1 is 0.316 bits per heavy atom. The van der Waals surface area contributed by atoms with Gasteiger partial charge in [0.05, 0.1) is 11.4 Å². The monoisotopic (exact) mass is 726 g/mol. The van der Waals surface area contributed by atoms with Crippen molar-refractivity contribution in [3.63, 3.8) is 0 Å². The summed E-state index contributed by atoms with van der Waals surface area (Å²) in [5.41, 5.74) is 15.0. The number of benzene rings is 9. The Morgan fingerprint density at radius 3 is 1.67 bits per heavy atom. The maximum absolute atomic E-state index is 5.41. The van der Waals surface area contributed by atoms with Gasteiger partial charge in [0, 0.05) is 22.1 Å². The van der Waals surface area contributed by atoms with Crippen molar-refractivity contribution >= 4 is 32.3 Å². The molecule has 268 valence electrons. The number of nitrogens with zero attached hydrogens (tertiary/aromatic N) is 2. The van der Waals surface area contributed by atoms with E-state index in [1.54, 1.807) is 0 Å². The summed E-state index contributed by atoms with van der Waals surface area (Å²) in [6.07, 6.45) is 0. The molecule has 1 aliphatic rings. The van der Waals surface area contributed by atoms with E-state index in [1.807, 2.05) is 0 Å². The molecule has 9 aromatic carbocycles. The van der Waals surface area contributed by atoms with Crippen molar-refractivity contribution in [1.82, 2.24) is 9.97 Å². The average Bonchev–Trinajstić information content (AvgIpc) is 3.49. The molecule has 0 fully saturated rings. The smallest absolute Gasteiger partial charge is 0.161 e. The van der Waals surface area contributed by atoms with Crippen LogP contribution in [-0.2, 0) is 5.41 Å². The molecular weight excluding hydrogens is 689 g/mol. The fourth-order valence-electron chi connectivity index (χ4n) is 9.22. The Balaban J connectivity index is 1.11. The van der Waals surface area contributed by atoms with Gasteiger partial charge in [-0.05, 0) is 101 Å². The Morgan fingerprint density at radius 2 is 0.877 bits per heavy atom. The van der Waals surface area contributed by atoms with E-state index in [2.05, 4.69) is 208 Å². The van der Waals surface area contributed by atoms with Gasteiger partial charge in [0.15, 0.2) is 5.82 Å². The van der Waals surface area contributed by atoms with Crippen LogP contribution in [0.4, 0.5) is 0 Å². The average molecular weight is 727 g/mol. The lowest BCUT2D eigenvalue weighted by Crippen LogP contribution is -2.14. The van der Waals surface area contributed by atoms with Crippen molar-refractivity contribution in [2.24, 2.45) is 0 Å². The maximum atomic E-state index is 5.41. The molecule has 57 heavy (non-hydrogen) atoms. The Labute approximate surface area is 332 Å². The molecule has 0 saturated carbocycles. The lowest BCUT2D eigenvalue weighted by Gasteiger charge is -2.22. The van der Waals surface area contributed by atoms with Crippen LogP contribution in [0.3, 0.4) is 0 Å². The highest BCUT2D eigenvalue weighted by Gasteiger charge is 2.36. The normalized spacial score (nSPS) is 12.9. The standard InChI is InChI=1S/C55H38N2/c1-55(2)50-30-27-39(32-48(50)49-31-37-18-6-7-19-38(37)33-51(49)55)42-28-29-46(44-24-12-11-23-43(42)44)53-34-52(45-25-13-10-21-40(45)35-15-4-3-5-16-35)56-54(57-53)47-26-14-20-36-17-8-9-22-41(36)47/h3-34H,1-2H3. The van der Waals surface area contributed by atoms with Gasteiger partial charge in [0.1, 0.15) is 0 Å². The van der Waals surface area contributed by atoms with Crippen molar-refractivity contribution in [3.8, 4) is 67.3 Å². The van der Waals surface area contributed by atoms with E-state index in [4.69, 9.17) is 9.97 Å². The summed E-state index contributed by atoms with van der Waals surface area (Å²) >= 11 is 0. The van der Waals surface area contributed by atoms with Crippen LogP contribution >= 0.6 is 0 Å². The summed E-state index contributed by atoms with van der Waals surface area (Å²) in [4.78, 5) is 10.8. The predicted octanol–water partition coefficient (Wildman–Crippen LogP) is 14.6. The van der Waals surface area contributed by atoms with Gasteiger partial charge in [-0.15, -0.1) is 0 Å². The molecule has 0 amide bonds. The van der Waals surface area contributed by atoms with Crippen LogP contribution in [0.15, 0.2) is 194 Å². The van der Waals surface area contributed by atoms with E-state index in [9.17, 15) is 0 Å². The van der Waals surface area contributed by atoms with Crippen LogP contribution in [0.5, 0.6) is 0 Å². The van der Waals surface area contributed by atoms with Crippen LogP contribution < -0.4 is 0 Å². The molecule has 0 N–H and O–H groups in total. The molecule has 0 aliphatic heterocycles. The first-order chi connectivity index (χ1) is 28.0. The summed E-state index contributed by atoms with van der Waals surface area (Å²) in [7, 11) is 0. The summed E-state index contributed by atoms with van der Waals surface area (Å²) in [6.45, 7) is 4.72. The minimum absolute atomic E-state index is 0.0786. The molecule has 2 heteroatoms. The lowest BCUT2D eigenvalue weighted by molar-refractivity contribution is 0.661. The quantitative estimate of drug-likeness (QED) is 0.176. The van der Waals surface area contributed by atoms with Crippen LogP contribution in [-0.4, -0.2) is 9.97 Å². The minimum Gasteiger partial charge on any atom is -0.228 e. The van der Waals surface area contributed by atoms with Crippen molar-refractivity contribution < 1.29 is 0 Å². The largest absolute Gasteiger partial charge is 0.228 e. The molecule has 11 rings (SSSR count). The van der Waals surface area contributed by atoms with E-state index in [0.29, 0.717) is 5.82 Å². The molecule has 1 heterocycles. The highest BCUT2D eigenvalue weighted by Crippen LogP contribution is 2.51. The minimum atomic E-state index is -0.0786. The summed E-state index contributed by atoms with van der Waals surface area (Å²) in [6, 6.07) is 70.2. The maximum Gasteiger partial charge on any atom is 0.161 e. The first-order valence-corrected chi connectivity index (χ1v) is 19.7. The van der Waals surface area contributed by atoms with Gasteiger partial charge in [0.25, 0.3) is 0 Å². The molecule has 2 nitrogen and oxygen atoms in total. The van der Waals surface area contributed by atoms with Crippen molar-refractivity contribution in [2.75, 3.05) is 0 Å². The Hall–Kier alpha value is -7.16. The van der Waals surface area contributed by atoms with Crippen LogP contribution in [0.1, 0.15) is 25.0 Å². The third-order valence-corrected chi connectivity index (χ3v) is 12.1. The molecular formula is C55H38N2. The topological polar surface area (TPSA) is 25.8 Å². The second-order valence-corrected chi connectivity index (χ2v) is 15.7. The van der Waals surface area contributed by atoms with Crippen molar-refractivity contribution in [3.05, 3.63) is 205 Å². The lowest BCUT2D eigenvalue weighted by atomic mass is 9.81. The number of aromatic nitrogens is 2. The van der Waals surface area contributed by atoms with Crippen LogP contribution in [0, 0.1) is 0 Å². The molecule has 10 aromatic rings. The highest BCUT2D eigenvalue weighted by molar-refractivity contribution is 6.06. The fraction of sp³-hybridized carbons (Fsp3) is 0.0545. The van der Waals surface area contributed by atoms with Gasteiger partial charge in [0.2, 0.25) is 0 Å². The van der Waals surface area contributed by atoms with Crippen molar-refractivity contribution in [1.29, 1.82) is 0 Å². The Bertz CT molecular complexity index is 3210. The molecule has 0 atom stereocenters. The molecule has 0 spiro atoms. The first-order valence-electron chi connectivity index (χ1n) is 19.7. The van der Waals surface area contributed by atoms with Gasteiger partial charge < -0.3 is 0 Å². The fourth-order valence-corrected chi connectivity index (χ4v) is 9.22. The number of hydrogen-bond acceptors (Lipinski definition) is 2. The van der Waals surface area contributed by atoms with E-state index in [1.165, 1.54) is 54.9 Å². The zero-order chi connectivity index (χ0) is 38.1. The molecule has 0 saturated heterocycles. The molecule has 1 aromatic heterocycles. The third-order valence-electron chi connectivity index (χ3n) is 12.1. The number of fused-ring (bicyclic) bond motifs is 6. The van der Waals surface area contributed by atoms with Gasteiger partial charge >= 0.3 is 0 Å². The van der Waals surface area contributed by atoms with Crippen molar-refractivity contribution in [2.45, 2.75) is 19.3 Å². The second-order valence-electron chi connectivity index (χ2n) is 15.7. The molecule has 0 unspecified atom stereocenters. The molecule has 0 bridgehead atoms. The van der Waals surface area contributed by atoms with Gasteiger partial charge in [-0.3, -0.25) is 0 Å². The van der Waals surface area contributed by atoms with Crippen LogP contribution in [0.2, 0.25) is 0 Å². The van der Waals surface area contributed by atoms with E-state index >= 15 is 0 Å². The van der Waals surface area contributed by atoms with Crippen LogP contribution in [0.25, 0.3) is 99.6 Å². The van der Waals surface area contributed by atoms with Gasteiger partial charge in [-0.25, -0.2) is 9.97 Å². The zero-order valence-corrected chi connectivity index (χ0v) is 31.9. The van der Waals surface area contributed by atoms with E-state index < -0.39 is 0 Å².